The molecule has 7 heteroatoms. The summed E-state index contributed by atoms with van der Waals surface area (Å²) in [5.41, 5.74) is 0.238. The van der Waals surface area contributed by atoms with Crippen LogP contribution in [0.5, 0.6) is 0 Å². The summed E-state index contributed by atoms with van der Waals surface area (Å²) < 4.78 is 9.80. The lowest BCUT2D eigenvalue weighted by atomic mass is 10.2. The highest BCUT2D eigenvalue weighted by atomic mass is 79.9. The van der Waals surface area contributed by atoms with Crippen LogP contribution in [0.2, 0.25) is 0 Å². The number of carbonyl (C=O) groups is 2. The summed E-state index contributed by atoms with van der Waals surface area (Å²) in [5.74, 6) is -1.69. The van der Waals surface area contributed by atoms with Gasteiger partial charge in [0.1, 0.15) is 0 Å². The van der Waals surface area contributed by atoms with E-state index in [-0.39, 0.29) is 16.8 Å². The maximum absolute atomic E-state index is 11.6. The van der Waals surface area contributed by atoms with Gasteiger partial charge in [0.05, 0.1) is 18.4 Å². The molecule has 88 valence electrons. The van der Waals surface area contributed by atoms with Crippen LogP contribution in [0.15, 0.2) is 21.4 Å². The Morgan fingerprint density at radius 3 is 2.81 bits per heavy atom. The zero-order valence-corrected chi connectivity index (χ0v) is 9.98. The fourth-order valence-corrected chi connectivity index (χ4v) is 1.45. The predicted octanol–water partition coefficient (Wildman–Crippen LogP) is 0.871. The third-order valence-electron chi connectivity index (χ3n) is 1.80. The largest absolute Gasteiger partial charge is 0.480 e. The van der Waals surface area contributed by atoms with Crippen molar-refractivity contribution >= 4 is 27.8 Å². The van der Waals surface area contributed by atoms with E-state index in [1.165, 1.54) is 19.4 Å². The van der Waals surface area contributed by atoms with Crippen molar-refractivity contribution in [2.24, 2.45) is 0 Å². The number of carbonyl (C=O) groups excluding carboxylic acids is 1. The topological polar surface area (TPSA) is 88.8 Å². The SMILES string of the molecule is COCC(NC(=O)c1ccoc1Br)C(=O)O. The maximum atomic E-state index is 11.6. The van der Waals surface area contributed by atoms with Gasteiger partial charge in [-0.2, -0.15) is 0 Å². The molecule has 1 aromatic rings. The minimum Gasteiger partial charge on any atom is -0.480 e. The quantitative estimate of drug-likeness (QED) is 0.840. The number of ether oxygens (including phenoxy) is 1. The van der Waals surface area contributed by atoms with Crippen molar-refractivity contribution in [2.75, 3.05) is 13.7 Å². The predicted molar refractivity (Wildman–Crippen MR) is 57.2 cm³/mol. The fourth-order valence-electron chi connectivity index (χ4n) is 1.03. The molecule has 0 bridgehead atoms. The van der Waals surface area contributed by atoms with Crippen molar-refractivity contribution < 1.29 is 23.8 Å². The number of halogens is 1. The van der Waals surface area contributed by atoms with E-state index in [2.05, 4.69) is 26.0 Å². The molecule has 0 aliphatic carbocycles. The molecule has 0 aromatic carbocycles. The van der Waals surface area contributed by atoms with Crippen LogP contribution >= 0.6 is 15.9 Å². The van der Waals surface area contributed by atoms with E-state index >= 15 is 0 Å². The molecule has 1 heterocycles. The molecule has 0 saturated heterocycles. The van der Waals surface area contributed by atoms with Gasteiger partial charge >= 0.3 is 5.97 Å². The van der Waals surface area contributed by atoms with Crippen molar-refractivity contribution in [2.45, 2.75) is 6.04 Å². The number of amides is 1. The van der Waals surface area contributed by atoms with Gasteiger partial charge in [0.2, 0.25) is 0 Å². The molecular weight excluding hydrogens is 282 g/mol. The van der Waals surface area contributed by atoms with Gasteiger partial charge in [-0.05, 0) is 22.0 Å². The molecule has 2 N–H and O–H groups in total. The first kappa shape index (κ1) is 12.7. The summed E-state index contributed by atoms with van der Waals surface area (Å²) in [6.45, 7) is -0.101. The fraction of sp³-hybridized carbons (Fsp3) is 0.333. The Hall–Kier alpha value is -1.34. The van der Waals surface area contributed by atoms with Crippen LogP contribution in [0.1, 0.15) is 10.4 Å². The first-order chi connectivity index (χ1) is 7.56. The Bertz CT molecular complexity index is 389. The molecule has 6 nitrogen and oxygen atoms in total. The van der Waals surface area contributed by atoms with Crippen LogP contribution < -0.4 is 5.32 Å². The van der Waals surface area contributed by atoms with Crippen LogP contribution in [0.3, 0.4) is 0 Å². The van der Waals surface area contributed by atoms with E-state index in [1.807, 2.05) is 0 Å². The first-order valence-corrected chi connectivity index (χ1v) is 5.11. The third-order valence-corrected chi connectivity index (χ3v) is 2.41. The van der Waals surface area contributed by atoms with Gasteiger partial charge in [-0.15, -0.1) is 0 Å². The number of nitrogens with one attached hydrogen (secondary N) is 1. The van der Waals surface area contributed by atoms with Crippen LogP contribution in [0.25, 0.3) is 0 Å². The highest BCUT2D eigenvalue weighted by Gasteiger charge is 2.22. The summed E-state index contributed by atoms with van der Waals surface area (Å²) in [6, 6.07) is 0.352. The molecule has 0 radical (unpaired) electrons. The highest BCUT2D eigenvalue weighted by molar-refractivity contribution is 9.10. The van der Waals surface area contributed by atoms with Gasteiger partial charge in [0.15, 0.2) is 10.7 Å². The number of carboxylic acids is 1. The summed E-state index contributed by atoms with van der Waals surface area (Å²) in [6.07, 6.45) is 1.32. The molecule has 1 amide bonds. The molecule has 0 spiro atoms. The van der Waals surface area contributed by atoms with Crippen LogP contribution in [-0.2, 0) is 9.53 Å². The Morgan fingerprint density at radius 2 is 2.38 bits per heavy atom. The van der Waals surface area contributed by atoms with E-state index in [0.717, 1.165) is 0 Å². The minimum atomic E-state index is -1.16. The zero-order chi connectivity index (χ0) is 12.1. The monoisotopic (exact) mass is 291 g/mol. The standard InChI is InChI=1S/C9H10BrNO5/c1-15-4-6(9(13)14)11-8(12)5-2-3-16-7(5)10/h2-3,6H,4H2,1H3,(H,11,12)(H,13,14). The average Bonchev–Trinajstić information content (AvgIpc) is 2.63. The summed E-state index contributed by atoms with van der Waals surface area (Å²) in [5, 5.41) is 11.1. The van der Waals surface area contributed by atoms with Crippen molar-refractivity contribution in [3.8, 4) is 0 Å². The zero-order valence-electron chi connectivity index (χ0n) is 8.40. The van der Waals surface area contributed by atoms with Crippen LogP contribution in [-0.4, -0.2) is 36.7 Å². The van der Waals surface area contributed by atoms with E-state index in [4.69, 9.17) is 9.52 Å². The van der Waals surface area contributed by atoms with E-state index in [1.54, 1.807) is 0 Å². The summed E-state index contributed by atoms with van der Waals surface area (Å²) >= 11 is 3.03. The number of hydrogen-bond donors (Lipinski definition) is 2. The Kier molecular flexibility index (Phi) is 4.51. The highest BCUT2D eigenvalue weighted by Crippen LogP contribution is 2.17. The number of methoxy groups -OCH3 is 1. The van der Waals surface area contributed by atoms with E-state index in [0.29, 0.717) is 0 Å². The van der Waals surface area contributed by atoms with Crippen molar-refractivity contribution in [1.29, 1.82) is 0 Å². The van der Waals surface area contributed by atoms with E-state index < -0.39 is 17.9 Å². The lowest BCUT2D eigenvalue weighted by molar-refractivity contribution is -0.140. The molecule has 1 atom stereocenters. The number of carboxylic acid groups (broad SMARTS) is 1. The molecule has 0 aliphatic heterocycles. The first-order valence-electron chi connectivity index (χ1n) is 4.32. The summed E-state index contributed by atoms with van der Waals surface area (Å²) in [7, 11) is 1.36. The molecular formula is C9H10BrNO5. The molecule has 16 heavy (non-hydrogen) atoms. The Morgan fingerprint density at radius 1 is 1.69 bits per heavy atom. The number of furan rings is 1. The molecule has 0 aliphatic rings. The molecule has 1 unspecified atom stereocenters. The van der Waals surface area contributed by atoms with Crippen molar-refractivity contribution in [1.82, 2.24) is 5.32 Å². The van der Waals surface area contributed by atoms with Gasteiger partial charge < -0.3 is 19.6 Å². The average molecular weight is 292 g/mol. The molecule has 1 aromatic heterocycles. The second kappa shape index (κ2) is 5.66. The lowest BCUT2D eigenvalue weighted by Crippen LogP contribution is -2.43. The Labute approximate surface area is 99.7 Å². The number of rotatable bonds is 5. The molecule has 1 rings (SSSR count). The molecule has 0 fully saturated rings. The second-order valence-corrected chi connectivity index (χ2v) is 3.65. The molecule has 0 saturated carbocycles. The van der Waals surface area contributed by atoms with Gasteiger partial charge in [0.25, 0.3) is 5.91 Å². The lowest BCUT2D eigenvalue weighted by Gasteiger charge is -2.12. The van der Waals surface area contributed by atoms with Gasteiger partial charge in [-0.25, -0.2) is 4.79 Å². The van der Waals surface area contributed by atoms with Gasteiger partial charge in [0, 0.05) is 7.11 Å². The van der Waals surface area contributed by atoms with Crippen LogP contribution in [0, 0.1) is 0 Å². The van der Waals surface area contributed by atoms with Gasteiger partial charge in [-0.1, -0.05) is 0 Å². The van der Waals surface area contributed by atoms with Crippen LogP contribution in [0.4, 0.5) is 0 Å². The van der Waals surface area contributed by atoms with Gasteiger partial charge in [-0.3, -0.25) is 4.79 Å². The Balaban J connectivity index is 2.69. The normalized spacial score (nSPS) is 12.1. The summed E-state index contributed by atoms with van der Waals surface area (Å²) in [4.78, 5) is 22.3. The second-order valence-electron chi connectivity index (χ2n) is 2.93. The maximum Gasteiger partial charge on any atom is 0.328 e. The number of hydrogen-bond acceptors (Lipinski definition) is 4. The van der Waals surface area contributed by atoms with E-state index in [9.17, 15) is 9.59 Å². The van der Waals surface area contributed by atoms with Crippen molar-refractivity contribution in [3.63, 3.8) is 0 Å². The third kappa shape index (κ3) is 3.07. The minimum absolute atomic E-state index is 0.101. The van der Waals surface area contributed by atoms with Crippen molar-refractivity contribution in [3.05, 3.63) is 22.6 Å². The smallest absolute Gasteiger partial charge is 0.328 e. The number of aliphatic carboxylic acids is 1.